The number of aromatic nitrogens is 1. The van der Waals surface area contributed by atoms with E-state index in [1.165, 1.54) is 6.42 Å². The molecule has 0 saturated heterocycles. The summed E-state index contributed by atoms with van der Waals surface area (Å²) < 4.78 is 28.8. The van der Waals surface area contributed by atoms with Crippen molar-refractivity contribution in [3.05, 3.63) is 24.0 Å². The standard InChI is InChI=1S/C16H29N5O2S/c1-17-16(21(3)13-15-8-5-10-20(15)2)18-9-11-24(22,23)19-12-14-6-4-7-14/h5,8,10,14,19H,4,6-7,9,11-13H2,1-3H3,(H,17,18). The summed E-state index contributed by atoms with van der Waals surface area (Å²) in [5.41, 5.74) is 1.16. The smallest absolute Gasteiger partial charge is 0.213 e. The molecule has 1 fully saturated rings. The zero-order valence-electron chi connectivity index (χ0n) is 14.8. The van der Waals surface area contributed by atoms with Gasteiger partial charge < -0.3 is 14.8 Å². The number of sulfonamides is 1. The monoisotopic (exact) mass is 355 g/mol. The van der Waals surface area contributed by atoms with E-state index < -0.39 is 10.0 Å². The molecule has 24 heavy (non-hydrogen) atoms. The molecule has 0 aliphatic heterocycles. The van der Waals surface area contributed by atoms with Crippen LogP contribution in [-0.4, -0.2) is 56.8 Å². The fourth-order valence-corrected chi connectivity index (χ4v) is 3.68. The van der Waals surface area contributed by atoms with Crippen molar-refractivity contribution in [2.75, 3.05) is 32.9 Å². The van der Waals surface area contributed by atoms with Crippen LogP contribution in [0.15, 0.2) is 23.3 Å². The summed E-state index contributed by atoms with van der Waals surface area (Å²) in [6, 6.07) is 4.05. The molecule has 0 spiro atoms. The van der Waals surface area contributed by atoms with E-state index >= 15 is 0 Å². The van der Waals surface area contributed by atoms with Gasteiger partial charge in [-0.25, -0.2) is 13.1 Å². The quantitative estimate of drug-likeness (QED) is 0.533. The van der Waals surface area contributed by atoms with Gasteiger partial charge in [-0.1, -0.05) is 6.42 Å². The first kappa shape index (κ1) is 18.8. The molecule has 7 nitrogen and oxygen atoms in total. The Morgan fingerprint density at radius 1 is 1.46 bits per heavy atom. The van der Waals surface area contributed by atoms with E-state index in [4.69, 9.17) is 0 Å². The molecule has 2 N–H and O–H groups in total. The Labute approximate surface area is 145 Å². The lowest BCUT2D eigenvalue weighted by molar-refractivity contribution is 0.316. The average Bonchev–Trinajstić information content (AvgIpc) is 2.87. The molecule has 1 heterocycles. The molecular formula is C16H29N5O2S. The third-order valence-corrected chi connectivity index (χ3v) is 5.84. The van der Waals surface area contributed by atoms with Crippen molar-refractivity contribution in [3.63, 3.8) is 0 Å². The third kappa shape index (κ3) is 5.52. The van der Waals surface area contributed by atoms with Crippen LogP contribution in [-0.2, 0) is 23.6 Å². The SMILES string of the molecule is CN=C(NCCS(=O)(=O)NCC1CCC1)N(C)Cc1cccn1C. The summed E-state index contributed by atoms with van der Waals surface area (Å²) in [7, 11) is 2.41. The lowest BCUT2D eigenvalue weighted by atomic mass is 9.86. The van der Waals surface area contributed by atoms with Crippen LogP contribution in [0.1, 0.15) is 25.0 Å². The maximum absolute atomic E-state index is 12.0. The Balaban J connectivity index is 1.75. The highest BCUT2D eigenvalue weighted by atomic mass is 32.2. The summed E-state index contributed by atoms with van der Waals surface area (Å²) in [5, 5.41) is 3.12. The number of nitrogens with one attached hydrogen (secondary N) is 2. The van der Waals surface area contributed by atoms with Gasteiger partial charge >= 0.3 is 0 Å². The van der Waals surface area contributed by atoms with Gasteiger partial charge in [0.15, 0.2) is 5.96 Å². The lowest BCUT2D eigenvalue weighted by Gasteiger charge is -2.25. The summed E-state index contributed by atoms with van der Waals surface area (Å²) in [4.78, 5) is 6.20. The van der Waals surface area contributed by atoms with Gasteiger partial charge in [-0.2, -0.15) is 0 Å². The van der Waals surface area contributed by atoms with Gasteiger partial charge in [0.2, 0.25) is 10.0 Å². The Hall–Kier alpha value is -1.54. The van der Waals surface area contributed by atoms with Gasteiger partial charge in [-0.15, -0.1) is 0 Å². The molecule has 2 rings (SSSR count). The first-order valence-corrected chi connectivity index (χ1v) is 10.1. The molecule has 1 saturated carbocycles. The first-order chi connectivity index (χ1) is 11.4. The van der Waals surface area contributed by atoms with E-state index in [0.29, 0.717) is 31.5 Å². The number of guanidine groups is 1. The van der Waals surface area contributed by atoms with Crippen molar-refractivity contribution in [2.24, 2.45) is 18.0 Å². The zero-order valence-corrected chi connectivity index (χ0v) is 15.6. The second-order valence-electron chi connectivity index (χ2n) is 6.40. The van der Waals surface area contributed by atoms with Gasteiger partial charge in [-0.05, 0) is 30.9 Å². The maximum Gasteiger partial charge on any atom is 0.213 e. The Morgan fingerprint density at radius 3 is 2.75 bits per heavy atom. The molecule has 1 aliphatic carbocycles. The first-order valence-electron chi connectivity index (χ1n) is 8.40. The molecule has 0 atom stereocenters. The molecule has 136 valence electrons. The number of hydrogen-bond donors (Lipinski definition) is 2. The van der Waals surface area contributed by atoms with Crippen LogP contribution in [0.25, 0.3) is 0 Å². The number of aliphatic imine (C=N–C) groups is 1. The minimum atomic E-state index is -3.23. The van der Waals surface area contributed by atoms with Gasteiger partial charge in [0.1, 0.15) is 0 Å². The molecule has 0 bridgehead atoms. The fraction of sp³-hybridized carbons (Fsp3) is 0.688. The number of nitrogens with zero attached hydrogens (tertiary/aromatic N) is 3. The normalized spacial score (nSPS) is 16.0. The third-order valence-electron chi connectivity index (χ3n) is 4.49. The summed E-state index contributed by atoms with van der Waals surface area (Å²) in [6.07, 6.45) is 5.49. The molecule has 0 unspecified atom stereocenters. The van der Waals surface area contributed by atoms with Crippen molar-refractivity contribution >= 4 is 16.0 Å². The maximum atomic E-state index is 12.0. The Kier molecular flexibility index (Phi) is 6.68. The van der Waals surface area contributed by atoms with Crippen LogP contribution in [0.2, 0.25) is 0 Å². The molecule has 1 aromatic heterocycles. The largest absolute Gasteiger partial charge is 0.355 e. The van der Waals surface area contributed by atoms with Crippen LogP contribution >= 0.6 is 0 Å². The second kappa shape index (κ2) is 8.53. The summed E-state index contributed by atoms with van der Waals surface area (Å²) in [5.74, 6) is 1.26. The molecule has 1 aliphatic rings. The van der Waals surface area contributed by atoms with Gasteiger partial charge in [0, 0.05) is 46.1 Å². The van der Waals surface area contributed by atoms with Crippen molar-refractivity contribution in [2.45, 2.75) is 25.8 Å². The van der Waals surface area contributed by atoms with Crippen LogP contribution in [0.5, 0.6) is 0 Å². The Bertz CT molecular complexity index is 649. The highest BCUT2D eigenvalue weighted by Gasteiger charge is 2.20. The van der Waals surface area contributed by atoms with E-state index in [9.17, 15) is 8.42 Å². The highest BCUT2D eigenvalue weighted by Crippen LogP contribution is 2.25. The van der Waals surface area contributed by atoms with Crippen molar-refractivity contribution < 1.29 is 8.42 Å². The van der Waals surface area contributed by atoms with Crippen molar-refractivity contribution in [1.29, 1.82) is 0 Å². The number of aryl methyl sites for hydroxylation is 1. The predicted molar refractivity (Wildman–Crippen MR) is 97.4 cm³/mol. The van der Waals surface area contributed by atoms with Crippen molar-refractivity contribution in [1.82, 2.24) is 19.5 Å². The zero-order chi connectivity index (χ0) is 17.6. The molecule has 0 radical (unpaired) electrons. The molecule has 0 aromatic carbocycles. The van der Waals surface area contributed by atoms with E-state index in [0.717, 1.165) is 18.5 Å². The summed E-state index contributed by atoms with van der Waals surface area (Å²) >= 11 is 0. The van der Waals surface area contributed by atoms with Gasteiger partial charge in [-0.3, -0.25) is 4.99 Å². The predicted octanol–water partition coefficient (Wildman–Crippen LogP) is 0.752. The highest BCUT2D eigenvalue weighted by molar-refractivity contribution is 7.89. The van der Waals surface area contributed by atoms with Crippen LogP contribution < -0.4 is 10.0 Å². The topological polar surface area (TPSA) is 78.7 Å². The minimum absolute atomic E-state index is 0.0523. The average molecular weight is 356 g/mol. The van der Waals surface area contributed by atoms with Gasteiger partial charge in [0.25, 0.3) is 0 Å². The Morgan fingerprint density at radius 2 is 2.21 bits per heavy atom. The van der Waals surface area contributed by atoms with Crippen LogP contribution in [0, 0.1) is 5.92 Å². The molecule has 0 amide bonds. The van der Waals surface area contributed by atoms with Crippen LogP contribution in [0.4, 0.5) is 0 Å². The fourth-order valence-electron chi connectivity index (χ4n) is 2.67. The molecule has 1 aromatic rings. The number of rotatable bonds is 8. The molecular weight excluding hydrogens is 326 g/mol. The van der Waals surface area contributed by atoms with E-state index in [1.807, 2.05) is 31.3 Å². The van der Waals surface area contributed by atoms with Crippen LogP contribution in [0.3, 0.4) is 0 Å². The molecule has 8 heteroatoms. The minimum Gasteiger partial charge on any atom is -0.355 e. The van der Waals surface area contributed by atoms with E-state index in [2.05, 4.69) is 25.7 Å². The van der Waals surface area contributed by atoms with Gasteiger partial charge in [0.05, 0.1) is 12.3 Å². The number of hydrogen-bond acceptors (Lipinski definition) is 3. The summed E-state index contributed by atoms with van der Waals surface area (Å²) in [6.45, 7) is 1.62. The van der Waals surface area contributed by atoms with E-state index in [-0.39, 0.29) is 5.75 Å². The van der Waals surface area contributed by atoms with E-state index in [1.54, 1.807) is 7.05 Å². The second-order valence-corrected chi connectivity index (χ2v) is 8.33. The van der Waals surface area contributed by atoms with Crippen molar-refractivity contribution in [3.8, 4) is 0 Å². The lowest BCUT2D eigenvalue weighted by Crippen LogP contribution is -2.42.